The van der Waals surface area contributed by atoms with Crippen molar-refractivity contribution in [2.45, 2.75) is 32.2 Å². The second kappa shape index (κ2) is 4.34. The van der Waals surface area contributed by atoms with Crippen LogP contribution in [0.3, 0.4) is 0 Å². The van der Waals surface area contributed by atoms with Crippen LogP contribution in [-0.2, 0) is 4.79 Å². The minimum Gasteiger partial charge on any atom is -0.352 e. The molecule has 2 N–H and O–H groups in total. The van der Waals surface area contributed by atoms with Crippen molar-refractivity contribution in [3.05, 3.63) is 0 Å². The highest BCUT2D eigenvalue weighted by Gasteiger charge is 2.19. The van der Waals surface area contributed by atoms with E-state index in [2.05, 4.69) is 17.6 Å². The monoisotopic (exact) mass is 156 g/mol. The molecule has 0 aromatic rings. The number of carbonyl (C=O) groups is 1. The first kappa shape index (κ1) is 8.53. The van der Waals surface area contributed by atoms with Crippen LogP contribution in [0, 0.1) is 0 Å². The van der Waals surface area contributed by atoms with Crippen LogP contribution in [0.1, 0.15) is 26.2 Å². The topological polar surface area (TPSA) is 41.1 Å². The van der Waals surface area contributed by atoms with Gasteiger partial charge in [-0.2, -0.15) is 0 Å². The second-order valence-electron chi connectivity index (χ2n) is 3.01. The summed E-state index contributed by atoms with van der Waals surface area (Å²) in [6, 6.07) is 0.383. The van der Waals surface area contributed by atoms with E-state index in [1.54, 1.807) is 0 Å². The highest BCUT2D eigenvalue weighted by molar-refractivity contribution is 5.78. The summed E-state index contributed by atoms with van der Waals surface area (Å²) < 4.78 is 0. The van der Waals surface area contributed by atoms with Gasteiger partial charge >= 0.3 is 0 Å². The maximum absolute atomic E-state index is 10.7. The third-order valence-corrected chi connectivity index (χ3v) is 1.90. The van der Waals surface area contributed by atoms with Crippen LogP contribution in [0.2, 0.25) is 0 Å². The number of hydrogen-bond donors (Lipinski definition) is 2. The lowest BCUT2D eigenvalue weighted by atomic mass is 10.2. The largest absolute Gasteiger partial charge is 0.352 e. The zero-order valence-electron chi connectivity index (χ0n) is 7.02. The summed E-state index contributed by atoms with van der Waals surface area (Å²) >= 11 is 0. The Hall–Kier alpha value is -0.570. The molecule has 0 spiro atoms. The maximum Gasteiger partial charge on any atom is 0.220 e. The summed E-state index contributed by atoms with van der Waals surface area (Å²) in [5.41, 5.74) is 0. The average molecular weight is 156 g/mol. The van der Waals surface area contributed by atoms with E-state index in [1.807, 2.05) is 0 Å². The molecule has 1 fully saturated rings. The number of hydrogen-bond acceptors (Lipinski definition) is 2. The Kier molecular flexibility index (Phi) is 3.36. The standard InChI is InChI=1S/C8H16N2O/c1-2-5-9-6-7-3-4-8(11)10-7/h7,9H,2-6H2,1H3,(H,10,11). The van der Waals surface area contributed by atoms with Gasteiger partial charge in [0.05, 0.1) is 0 Å². The van der Waals surface area contributed by atoms with Crippen LogP contribution in [0.15, 0.2) is 0 Å². The first-order valence-corrected chi connectivity index (χ1v) is 4.33. The quantitative estimate of drug-likeness (QED) is 0.573. The third kappa shape index (κ3) is 2.89. The van der Waals surface area contributed by atoms with Gasteiger partial charge in [0.2, 0.25) is 5.91 Å². The molecule has 0 aromatic heterocycles. The molecule has 0 aliphatic carbocycles. The van der Waals surface area contributed by atoms with Gasteiger partial charge in [-0.15, -0.1) is 0 Å². The number of carbonyl (C=O) groups excluding carboxylic acids is 1. The van der Waals surface area contributed by atoms with Crippen LogP contribution in [0.5, 0.6) is 0 Å². The van der Waals surface area contributed by atoms with Gasteiger partial charge < -0.3 is 10.6 Å². The number of amides is 1. The van der Waals surface area contributed by atoms with E-state index in [-0.39, 0.29) is 5.91 Å². The molecular formula is C8H16N2O. The Balaban J connectivity index is 2.04. The molecular weight excluding hydrogens is 140 g/mol. The van der Waals surface area contributed by atoms with Crippen LogP contribution in [0.4, 0.5) is 0 Å². The molecule has 1 unspecified atom stereocenters. The fraction of sp³-hybridized carbons (Fsp3) is 0.875. The Bertz CT molecular complexity index is 136. The van der Waals surface area contributed by atoms with Crippen LogP contribution in [-0.4, -0.2) is 25.0 Å². The molecule has 1 amide bonds. The highest BCUT2D eigenvalue weighted by atomic mass is 16.1. The summed E-state index contributed by atoms with van der Waals surface area (Å²) in [5.74, 6) is 0.202. The van der Waals surface area contributed by atoms with Gasteiger partial charge in [-0.25, -0.2) is 0 Å². The van der Waals surface area contributed by atoms with Crippen molar-refractivity contribution in [3.8, 4) is 0 Å². The van der Waals surface area contributed by atoms with Gasteiger partial charge in [0.15, 0.2) is 0 Å². The summed E-state index contributed by atoms with van der Waals surface area (Å²) in [6.07, 6.45) is 2.86. The maximum atomic E-state index is 10.7. The van der Waals surface area contributed by atoms with Gasteiger partial charge in [-0.3, -0.25) is 4.79 Å². The van der Waals surface area contributed by atoms with E-state index in [0.717, 1.165) is 25.9 Å². The molecule has 3 heteroatoms. The molecule has 0 radical (unpaired) electrons. The van der Waals surface area contributed by atoms with Crippen molar-refractivity contribution in [3.63, 3.8) is 0 Å². The minimum absolute atomic E-state index is 0.202. The molecule has 1 atom stereocenters. The number of nitrogens with one attached hydrogen (secondary N) is 2. The van der Waals surface area contributed by atoms with Crippen LogP contribution >= 0.6 is 0 Å². The highest BCUT2D eigenvalue weighted by Crippen LogP contribution is 2.04. The molecule has 64 valence electrons. The molecule has 0 bridgehead atoms. The van der Waals surface area contributed by atoms with Gasteiger partial charge in [0.1, 0.15) is 0 Å². The summed E-state index contributed by atoms with van der Waals surface area (Å²) in [7, 11) is 0. The van der Waals surface area contributed by atoms with E-state index in [9.17, 15) is 4.79 Å². The number of rotatable bonds is 4. The van der Waals surface area contributed by atoms with E-state index < -0.39 is 0 Å². The lowest BCUT2D eigenvalue weighted by Gasteiger charge is -2.09. The van der Waals surface area contributed by atoms with Crippen molar-refractivity contribution < 1.29 is 4.79 Å². The predicted octanol–water partition coefficient (Wildman–Crippen LogP) is 0.265. The van der Waals surface area contributed by atoms with Gasteiger partial charge in [0.25, 0.3) is 0 Å². The lowest BCUT2D eigenvalue weighted by molar-refractivity contribution is -0.119. The molecule has 0 saturated carbocycles. The lowest BCUT2D eigenvalue weighted by Crippen LogP contribution is -2.35. The normalized spacial score (nSPS) is 23.7. The van der Waals surface area contributed by atoms with E-state index in [1.165, 1.54) is 0 Å². The molecule has 1 saturated heterocycles. The fourth-order valence-corrected chi connectivity index (χ4v) is 1.28. The van der Waals surface area contributed by atoms with E-state index in [4.69, 9.17) is 0 Å². The summed E-state index contributed by atoms with van der Waals surface area (Å²) in [4.78, 5) is 10.7. The van der Waals surface area contributed by atoms with Crippen molar-refractivity contribution >= 4 is 5.91 Å². The van der Waals surface area contributed by atoms with Gasteiger partial charge in [-0.1, -0.05) is 6.92 Å². The zero-order chi connectivity index (χ0) is 8.10. The average Bonchev–Trinajstić information content (AvgIpc) is 2.37. The molecule has 3 nitrogen and oxygen atoms in total. The molecule has 1 rings (SSSR count). The Labute approximate surface area is 67.5 Å². The van der Waals surface area contributed by atoms with Gasteiger partial charge in [0, 0.05) is 19.0 Å². The van der Waals surface area contributed by atoms with Crippen LogP contribution in [0.25, 0.3) is 0 Å². The van der Waals surface area contributed by atoms with Crippen molar-refractivity contribution in [2.24, 2.45) is 0 Å². The Morgan fingerprint density at radius 2 is 2.55 bits per heavy atom. The second-order valence-corrected chi connectivity index (χ2v) is 3.01. The first-order chi connectivity index (χ1) is 5.33. The van der Waals surface area contributed by atoms with E-state index in [0.29, 0.717) is 12.5 Å². The zero-order valence-corrected chi connectivity index (χ0v) is 7.02. The summed E-state index contributed by atoms with van der Waals surface area (Å²) in [5, 5.41) is 6.19. The fourth-order valence-electron chi connectivity index (χ4n) is 1.28. The van der Waals surface area contributed by atoms with E-state index >= 15 is 0 Å². The van der Waals surface area contributed by atoms with Crippen molar-refractivity contribution in [1.82, 2.24) is 10.6 Å². The molecule has 1 heterocycles. The Morgan fingerprint density at radius 3 is 3.09 bits per heavy atom. The van der Waals surface area contributed by atoms with Crippen molar-refractivity contribution in [1.29, 1.82) is 0 Å². The third-order valence-electron chi connectivity index (χ3n) is 1.90. The Morgan fingerprint density at radius 1 is 1.73 bits per heavy atom. The predicted molar refractivity (Wildman–Crippen MR) is 44.3 cm³/mol. The van der Waals surface area contributed by atoms with Crippen molar-refractivity contribution in [2.75, 3.05) is 13.1 Å². The van der Waals surface area contributed by atoms with Crippen LogP contribution < -0.4 is 10.6 Å². The smallest absolute Gasteiger partial charge is 0.220 e. The van der Waals surface area contributed by atoms with Gasteiger partial charge in [-0.05, 0) is 19.4 Å². The minimum atomic E-state index is 0.202. The SMILES string of the molecule is CCCNCC1CCC(=O)N1. The molecule has 11 heavy (non-hydrogen) atoms. The first-order valence-electron chi connectivity index (χ1n) is 4.33. The molecule has 1 aliphatic rings. The molecule has 0 aromatic carbocycles. The summed E-state index contributed by atoms with van der Waals surface area (Å²) in [6.45, 7) is 4.12. The molecule has 1 aliphatic heterocycles.